The van der Waals surface area contributed by atoms with Crippen LogP contribution in [-0.2, 0) is 0 Å². The Bertz CT molecular complexity index is 1390. The lowest BCUT2D eigenvalue weighted by Gasteiger charge is -2.46. The number of halogens is 1. The number of ether oxygens (including phenoxy) is 1. The van der Waals surface area contributed by atoms with E-state index in [0.29, 0.717) is 10.9 Å². The van der Waals surface area contributed by atoms with Crippen LogP contribution in [0.4, 0.5) is 0 Å². The highest BCUT2D eigenvalue weighted by atomic mass is 35.5. The first-order chi connectivity index (χ1) is 15.3. The topological polar surface area (TPSA) is 39.9 Å². The van der Waals surface area contributed by atoms with Crippen LogP contribution in [0.2, 0.25) is 5.02 Å². The van der Waals surface area contributed by atoms with Gasteiger partial charge in [-0.1, -0.05) is 41.9 Å². The highest BCUT2D eigenvalue weighted by molar-refractivity contribution is 7.99. The Morgan fingerprint density at radius 2 is 1.94 bits per heavy atom. The second kappa shape index (κ2) is 7.00. The number of hydrogen-bond donors (Lipinski definition) is 0. The van der Waals surface area contributed by atoms with Crippen LogP contribution in [0.3, 0.4) is 0 Å². The van der Waals surface area contributed by atoms with Crippen molar-refractivity contribution in [2.45, 2.75) is 44.2 Å². The molecule has 0 N–H and O–H groups in total. The largest absolute Gasteiger partial charge is 0.471 e. The Labute approximate surface area is 197 Å². The van der Waals surface area contributed by atoms with Gasteiger partial charge in [0.25, 0.3) is 0 Å². The smallest absolute Gasteiger partial charge is 0.221 e. The van der Waals surface area contributed by atoms with Gasteiger partial charge in [-0.3, -0.25) is 0 Å². The number of thioether (sulfide) groups is 1. The summed E-state index contributed by atoms with van der Waals surface area (Å²) >= 11 is 8.40. The van der Waals surface area contributed by atoms with Crippen LogP contribution < -0.4 is 4.74 Å². The number of nitrogens with zero attached hydrogens (tertiary/aromatic N) is 3. The number of aryl methyl sites for hydroxylation is 2. The molecule has 0 unspecified atom stereocenters. The molecule has 4 heterocycles. The zero-order valence-electron chi connectivity index (χ0n) is 18.5. The number of para-hydroxylation sites is 2. The van der Waals surface area contributed by atoms with E-state index in [4.69, 9.17) is 26.4 Å². The molecule has 4 aromatic rings. The second-order valence-corrected chi connectivity index (χ2v) is 10.7. The normalized spacial score (nSPS) is 20.9. The first kappa shape index (κ1) is 20.1. The highest BCUT2D eigenvalue weighted by Crippen LogP contribution is 2.55. The Morgan fingerprint density at radius 3 is 2.75 bits per heavy atom. The molecular weight excluding hydrogens is 438 g/mol. The molecule has 0 saturated carbocycles. The first-order valence-corrected chi connectivity index (χ1v) is 12.3. The van der Waals surface area contributed by atoms with Crippen molar-refractivity contribution in [3.8, 4) is 11.6 Å². The zero-order valence-corrected chi connectivity index (χ0v) is 20.1. The lowest BCUT2D eigenvalue weighted by Crippen LogP contribution is -2.47. The number of benzene rings is 2. The van der Waals surface area contributed by atoms with E-state index < -0.39 is 0 Å². The van der Waals surface area contributed by atoms with Gasteiger partial charge < -0.3 is 4.74 Å². The molecule has 6 heteroatoms. The van der Waals surface area contributed by atoms with Gasteiger partial charge in [-0.05, 0) is 57.0 Å². The van der Waals surface area contributed by atoms with Crippen molar-refractivity contribution in [2.75, 3.05) is 5.75 Å². The van der Waals surface area contributed by atoms with Crippen molar-refractivity contribution in [3.05, 3.63) is 75.9 Å². The minimum Gasteiger partial charge on any atom is -0.471 e. The van der Waals surface area contributed by atoms with Crippen LogP contribution in [-0.4, -0.2) is 26.1 Å². The Balaban J connectivity index is 1.62. The molecule has 0 spiro atoms. The van der Waals surface area contributed by atoms with Crippen molar-refractivity contribution in [2.24, 2.45) is 5.92 Å². The van der Waals surface area contributed by atoms with Gasteiger partial charge in [-0.25, -0.2) is 4.98 Å². The molecule has 0 fully saturated rings. The molecular formula is C26H24ClN3OS. The van der Waals surface area contributed by atoms with E-state index in [0.717, 1.165) is 39.1 Å². The molecule has 0 bridgehead atoms. The van der Waals surface area contributed by atoms with Crippen LogP contribution in [0.1, 0.15) is 42.1 Å². The maximum Gasteiger partial charge on any atom is 0.221 e. The minimum absolute atomic E-state index is 0.179. The molecule has 2 aliphatic rings. The molecule has 2 aliphatic heterocycles. The average Bonchev–Trinajstić information content (AvgIpc) is 3.07. The first-order valence-electron chi connectivity index (χ1n) is 10.9. The van der Waals surface area contributed by atoms with Gasteiger partial charge in [0.2, 0.25) is 5.88 Å². The number of pyridine rings is 1. The van der Waals surface area contributed by atoms with Crippen LogP contribution in [0.5, 0.6) is 5.88 Å². The third-order valence-electron chi connectivity index (χ3n) is 6.88. The summed E-state index contributed by atoms with van der Waals surface area (Å²) in [7, 11) is 0. The van der Waals surface area contributed by atoms with Gasteiger partial charge >= 0.3 is 0 Å². The van der Waals surface area contributed by atoms with Crippen LogP contribution in [0.25, 0.3) is 16.6 Å². The van der Waals surface area contributed by atoms with E-state index in [1.54, 1.807) is 0 Å². The third kappa shape index (κ3) is 2.84. The molecule has 2 aromatic carbocycles. The third-order valence-corrected chi connectivity index (χ3v) is 8.33. The molecule has 2 atom stereocenters. The second-order valence-electron chi connectivity index (χ2n) is 9.30. The van der Waals surface area contributed by atoms with E-state index in [1.807, 2.05) is 40.7 Å². The van der Waals surface area contributed by atoms with Crippen molar-refractivity contribution < 1.29 is 4.74 Å². The summed E-state index contributed by atoms with van der Waals surface area (Å²) in [6, 6.07) is 16.5. The van der Waals surface area contributed by atoms with E-state index in [-0.39, 0.29) is 11.5 Å². The van der Waals surface area contributed by atoms with Crippen molar-refractivity contribution in [3.63, 3.8) is 0 Å². The fourth-order valence-electron chi connectivity index (χ4n) is 5.21. The molecule has 6 rings (SSSR count). The summed E-state index contributed by atoms with van der Waals surface area (Å²) in [6.45, 7) is 8.59. The maximum atomic E-state index is 6.68. The van der Waals surface area contributed by atoms with E-state index >= 15 is 0 Å². The summed E-state index contributed by atoms with van der Waals surface area (Å²) in [4.78, 5) is 5.11. The Hall–Kier alpha value is -2.50. The number of fused-ring (bicyclic) bond motifs is 6. The summed E-state index contributed by atoms with van der Waals surface area (Å²) in [5.74, 6) is 2.26. The lowest BCUT2D eigenvalue weighted by molar-refractivity contribution is 0.0199. The van der Waals surface area contributed by atoms with E-state index in [9.17, 15) is 0 Å². The van der Waals surface area contributed by atoms with Crippen molar-refractivity contribution >= 4 is 34.3 Å². The quantitative estimate of drug-likeness (QED) is 0.315. The van der Waals surface area contributed by atoms with Crippen molar-refractivity contribution in [1.29, 1.82) is 0 Å². The van der Waals surface area contributed by atoms with Gasteiger partial charge in [0.15, 0.2) is 0 Å². The van der Waals surface area contributed by atoms with Gasteiger partial charge in [0.1, 0.15) is 10.6 Å². The summed E-state index contributed by atoms with van der Waals surface area (Å²) in [6.07, 6.45) is 0. The zero-order chi connectivity index (χ0) is 22.2. The standard InChI is InChI=1S/C26H24ClN3OS/c1-14-8-7-9-16-12-17-22-18(13-32-24(17)28-23(14)16)26(3,4)31-25-21(22)15(2)29-30(25)20-11-6-5-10-19(20)27/h5-12,18,22H,13H2,1-4H3/t18-,22+/m0/s1. The Morgan fingerprint density at radius 1 is 1.12 bits per heavy atom. The van der Waals surface area contributed by atoms with Crippen LogP contribution >= 0.6 is 23.4 Å². The molecule has 32 heavy (non-hydrogen) atoms. The molecule has 0 aliphatic carbocycles. The molecule has 2 aromatic heterocycles. The summed E-state index contributed by atoms with van der Waals surface area (Å²) < 4.78 is 8.56. The number of hydrogen-bond acceptors (Lipinski definition) is 4. The number of rotatable bonds is 1. The van der Waals surface area contributed by atoms with Gasteiger partial charge in [-0.15, -0.1) is 11.8 Å². The minimum atomic E-state index is -0.352. The van der Waals surface area contributed by atoms with Gasteiger partial charge in [0.05, 0.1) is 21.9 Å². The Kier molecular flexibility index (Phi) is 4.40. The summed E-state index contributed by atoms with van der Waals surface area (Å²) in [5, 5.41) is 7.88. The average molecular weight is 462 g/mol. The van der Waals surface area contributed by atoms with Crippen LogP contribution in [0, 0.1) is 19.8 Å². The van der Waals surface area contributed by atoms with Gasteiger partial charge in [0, 0.05) is 28.5 Å². The van der Waals surface area contributed by atoms with E-state index in [1.165, 1.54) is 16.5 Å². The SMILES string of the molecule is Cc1nn(-c2ccccc2Cl)c2c1[C@@H]1c3cc4cccc(C)c4nc3SC[C@@H]1C(C)(C)O2. The molecule has 162 valence electrons. The molecule has 0 saturated heterocycles. The summed E-state index contributed by atoms with van der Waals surface area (Å²) in [5.41, 5.74) is 6.21. The highest BCUT2D eigenvalue weighted by Gasteiger charge is 2.50. The fourth-order valence-corrected chi connectivity index (χ4v) is 6.87. The fraction of sp³-hybridized carbons (Fsp3) is 0.308. The predicted molar refractivity (Wildman–Crippen MR) is 131 cm³/mol. The monoisotopic (exact) mass is 461 g/mol. The maximum absolute atomic E-state index is 6.68. The van der Waals surface area contributed by atoms with Gasteiger partial charge in [-0.2, -0.15) is 9.78 Å². The van der Waals surface area contributed by atoms with Crippen LogP contribution in [0.15, 0.2) is 53.6 Å². The van der Waals surface area contributed by atoms with Crippen molar-refractivity contribution in [1.82, 2.24) is 14.8 Å². The predicted octanol–water partition coefficient (Wildman–Crippen LogP) is 6.72. The number of aromatic nitrogens is 3. The molecule has 0 amide bonds. The molecule has 4 nitrogen and oxygen atoms in total. The molecule has 0 radical (unpaired) electrons. The lowest BCUT2D eigenvalue weighted by atomic mass is 9.72. The van der Waals surface area contributed by atoms with E-state index in [2.05, 4.69) is 52.0 Å².